The first-order valence-electron chi connectivity index (χ1n) is 10.1. The Kier molecular flexibility index (Phi) is 5.34. The zero-order chi connectivity index (χ0) is 22.3. The number of carbonyl (C=O) groups excluding carboxylic acids is 1. The predicted molar refractivity (Wildman–Crippen MR) is 117 cm³/mol. The van der Waals surface area contributed by atoms with Crippen molar-refractivity contribution in [2.45, 2.75) is 25.8 Å². The number of fused-ring (bicyclic) bond motifs is 1. The minimum absolute atomic E-state index is 0.0719. The maximum atomic E-state index is 14.1. The van der Waals surface area contributed by atoms with Crippen LogP contribution in [0.5, 0.6) is 0 Å². The third-order valence-electron chi connectivity index (χ3n) is 5.72. The highest BCUT2D eigenvalue weighted by Crippen LogP contribution is 2.43. The van der Waals surface area contributed by atoms with Crippen molar-refractivity contribution in [3.05, 3.63) is 58.7 Å². The van der Waals surface area contributed by atoms with E-state index in [4.69, 9.17) is 4.42 Å². The predicted octanol–water partition coefficient (Wildman–Crippen LogP) is 4.28. The Morgan fingerprint density at radius 2 is 2.13 bits per heavy atom. The maximum absolute atomic E-state index is 14.1. The molecule has 0 radical (unpaired) electrons. The number of rotatable bonds is 4. The van der Waals surface area contributed by atoms with E-state index in [0.717, 1.165) is 29.5 Å². The van der Waals surface area contributed by atoms with Crippen LogP contribution in [0.15, 0.2) is 34.8 Å². The second-order valence-corrected chi connectivity index (χ2v) is 7.89. The van der Waals surface area contributed by atoms with Gasteiger partial charge in [0.05, 0.1) is 5.56 Å². The molecule has 1 heterocycles. The van der Waals surface area contributed by atoms with Gasteiger partial charge in [-0.05, 0) is 61.2 Å². The summed E-state index contributed by atoms with van der Waals surface area (Å²) in [6.45, 7) is 1.83. The van der Waals surface area contributed by atoms with Crippen molar-refractivity contribution >= 4 is 22.6 Å². The third kappa shape index (κ3) is 3.49. The number of hydrogen-bond acceptors (Lipinski definition) is 5. The van der Waals surface area contributed by atoms with Crippen molar-refractivity contribution in [1.82, 2.24) is 15.2 Å². The smallest absolute Gasteiger partial charge is 0.309 e. The Morgan fingerprint density at radius 3 is 2.74 bits per heavy atom. The van der Waals surface area contributed by atoms with Crippen LogP contribution in [-0.4, -0.2) is 43.0 Å². The molecule has 31 heavy (non-hydrogen) atoms. The van der Waals surface area contributed by atoms with Gasteiger partial charge in [0.15, 0.2) is 5.58 Å². The van der Waals surface area contributed by atoms with Gasteiger partial charge in [-0.15, -0.1) is 0 Å². The fraction of sp³-hybridized carbons (Fsp3) is 0.292. The molecule has 0 saturated carbocycles. The highest BCUT2D eigenvalue weighted by molar-refractivity contribution is 6.03. The van der Waals surface area contributed by atoms with Crippen molar-refractivity contribution in [2.24, 2.45) is 0 Å². The van der Waals surface area contributed by atoms with Gasteiger partial charge in [-0.2, -0.15) is 5.26 Å². The fourth-order valence-corrected chi connectivity index (χ4v) is 4.15. The molecule has 4 rings (SSSR count). The van der Waals surface area contributed by atoms with Gasteiger partial charge in [0, 0.05) is 25.7 Å². The SMILES string of the molecule is CNC1C=C(c2c(-c3cccc(F)c3)c(C)c(C#N)c3nc(C(=O)N(C)C)oc23)CC1. The van der Waals surface area contributed by atoms with Crippen LogP contribution in [0.4, 0.5) is 4.39 Å². The average Bonchev–Trinajstić information content (AvgIpc) is 3.39. The molecule has 1 atom stereocenters. The first kappa shape index (κ1) is 20.8. The van der Waals surface area contributed by atoms with E-state index in [-0.39, 0.29) is 23.7 Å². The lowest BCUT2D eigenvalue weighted by Gasteiger charge is -2.16. The molecule has 0 fully saturated rings. The number of likely N-dealkylation sites (N-methyl/N-ethyl adjacent to an activating group) is 1. The van der Waals surface area contributed by atoms with Gasteiger partial charge in [0.1, 0.15) is 17.4 Å². The minimum Gasteiger partial charge on any atom is -0.432 e. The average molecular weight is 418 g/mol. The number of nitriles is 1. The van der Waals surface area contributed by atoms with E-state index in [2.05, 4.69) is 22.4 Å². The second-order valence-electron chi connectivity index (χ2n) is 7.89. The molecular formula is C24H23FN4O2. The molecule has 0 aliphatic heterocycles. The highest BCUT2D eigenvalue weighted by Gasteiger charge is 2.29. The Labute approximate surface area is 180 Å². The quantitative estimate of drug-likeness (QED) is 0.684. The molecule has 1 unspecified atom stereocenters. The van der Waals surface area contributed by atoms with Gasteiger partial charge in [0.2, 0.25) is 0 Å². The monoisotopic (exact) mass is 418 g/mol. The summed E-state index contributed by atoms with van der Waals surface area (Å²) in [5.74, 6) is -0.821. The summed E-state index contributed by atoms with van der Waals surface area (Å²) in [6.07, 6.45) is 3.82. The van der Waals surface area contributed by atoms with E-state index in [1.807, 2.05) is 20.0 Å². The van der Waals surface area contributed by atoms with Gasteiger partial charge in [-0.1, -0.05) is 18.2 Å². The number of aromatic nitrogens is 1. The van der Waals surface area contributed by atoms with Crippen LogP contribution in [0.3, 0.4) is 0 Å². The number of oxazole rings is 1. The van der Waals surface area contributed by atoms with Crippen molar-refractivity contribution in [3.63, 3.8) is 0 Å². The lowest BCUT2D eigenvalue weighted by Crippen LogP contribution is -2.21. The zero-order valence-corrected chi connectivity index (χ0v) is 17.9. The van der Waals surface area contributed by atoms with E-state index in [1.165, 1.54) is 17.0 Å². The zero-order valence-electron chi connectivity index (χ0n) is 17.9. The maximum Gasteiger partial charge on any atom is 0.309 e. The second kappa shape index (κ2) is 7.97. The van der Waals surface area contributed by atoms with Crippen molar-refractivity contribution in [1.29, 1.82) is 5.26 Å². The van der Waals surface area contributed by atoms with Gasteiger partial charge in [-0.3, -0.25) is 4.79 Å². The largest absolute Gasteiger partial charge is 0.432 e. The molecule has 0 spiro atoms. The molecule has 1 aromatic heterocycles. The summed E-state index contributed by atoms with van der Waals surface area (Å²) in [5, 5.41) is 13.2. The number of halogens is 1. The molecule has 1 aliphatic rings. The molecule has 1 N–H and O–H groups in total. The third-order valence-corrected chi connectivity index (χ3v) is 5.72. The van der Waals surface area contributed by atoms with Crippen LogP contribution >= 0.6 is 0 Å². The number of carbonyl (C=O) groups is 1. The van der Waals surface area contributed by atoms with Gasteiger partial charge >= 0.3 is 5.91 Å². The fourth-order valence-electron chi connectivity index (χ4n) is 4.15. The first-order chi connectivity index (χ1) is 14.8. The number of amides is 1. The Morgan fingerprint density at radius 1 is 1.35 bits per heavy atom. The molecule has 6 nitrogen and oxygen atoms in total. The van der Waals surface area contributed by atoms with E-state index in [9.17, 15) is 14.4 Å². The lowest BCUT2D eigenvalue weighted by atomic mass is 9.87. The number of hydrogen-bond donors (Lipinski definition) is 1. The summed E-state index contributed by atoms with van der Waals surface area (Å²) >= 11 is 0. The summed E-state index contributed by atoms with van der Waals surface area (Å²) in [5.41, 5.74) is 4.91. The van der Waals surface area contributed by atoms with E-state index < -0.39 is 0 Å². The highest BCUT2D eigenvalue weighted by atomic mass is 19.1. The van der Waals surface area contributed by atoms with Crippen LogP contribution in [0.2, 0.25) is 0 Å². The molecule has 2 aromatic carbocycles. The molecule has 158 valence electrons. The van der Waals surface area contributed by atoms with E-state index in [0.29, 0.717) is 27.8 Å². The number of allylic oxidation sites excluding steroid dienone is 1. The molecule has 0 saturated heterocycles. The minimum atomic E-state index is -0.385. The molecule has 7 heteroatoms. The van der Waals surface area contributed by atoms with E-state index in [1.54, 1.807) is 20.2 Å². The summed E-state index contributed by atoms with van der Waals surface area (Å²) in [7, 11) is 5.13. The molecule has 0 bridgehead atoms. The Balaban J connectivity index is 2.12. The number of nitrogens with one attached hydrogen (secondary N) is 1. The van der Waals surface area contributed by atoms with Crippen molar-refractivity contribution in [2.75, 3.05) is 21.1 Å². The van der Waals surface area contributed by atoms with Gasteiger partial charge in [-0.25, -0.2) is 9.37 Å². The van der Waals surface area contributed by atoms with Gasteiger partial charge < -0.3 is 14.6 Å². The first-order valence-corrected chi connectivity index (χ1v) is 10.1. The van der Waals surface area contributed by atoms with Crippen LogP contribution in [0, 0.1) is 24.1 Å². The van der Waals surface area contributed by atoms with Crippen molar-refractivity contribution in [3.8, 4) is 17.2 Å². The van der Waals surface area contributed by atoms with Crippen LogP contribution in [0.25, 0.3) is 27.8 Å². The standard InChI is InChI=1S/C24H23FN4O2/c1-13-18(12-26)21-22(31-23(28-21)24(30)29(3)4)20(15-8-9-17(11-15)27-2)19(13)14-6-5-7-16(25)10-14/h5-7,10-11,17,27H,8-9H2,1-4H3. The molecule has 1 aliphatic carbocycles. The normalized spacial score (nSPS) is 15.7. The topological polar surface area (TPSA) is 82.2 Å². The van der Waals surface area contributed by atoms with Crippen molar-refractivity contribution < 1.29 is 13.6 Å². The Bertz CT molecular complexity index is 1270. The molecule has 1 amide bonds. The van der Waals surface area contributed by atoms with Crippen LogP contribution in [-0.2, 0) is 0 Å². The van der Waals surface area contributed by atoms with Crippen LogP contribution in [0.1, 0.15) is 40.2 Å². The van der Waals surface area contributed by atoms with Crippen LogP contribution < -0.4 is 5.32 Å². The summed E-state index contributed by atoms with van der Waals surface area (Å²) < 4.78 is 20.1. The Hall–Kier alpha value is -3.50. The molecule has 3 aromatic rings. The lowest BCUT2D eigenvalue weighted by molar-refractivity contribution is 0.0791. The number of benzene rings is 2. The van der Waals surface area contributed by atoms with Gasteiger partial charge in [0.25, 0.3) is 5.89 Å². The number of nitrogens with zero attached hydrogens (tertiary/aromatic N) is 3. The molecular weight excluding hydrogens is 395 g/mol. The summed E-state index contributed by atoms with van der Waals surface area (Å²) in [6, 6.07) is 8.70. The van der Waals surface area contributed by atoms with E-state index >= 15 is 0 Å². The summed E-state index contributed by atoms with van der Waals surface area (Å²) in [4.78, 5) is 18.3.